The maximum Gasteiger partial charge on any atom is 0.0786 e. The summed E-state index contributed by atoms with van der Waals surface area (Å²) in [4.78, 5) is 0. The Balaban J connectivity index is -0.000000515. The van der Waals surface area contributed by atoms with Gasteiger partial charge in [0.15, 0.2) is 0 Å². The first kappa shape index (κ1) is 85.3. The summed E-state index contributed by atoms with van der Waals surface area (Å²) in [5.41, 5.74) is 0. The van der Waals surface area contributed by atoms with Gasteiger partial charge < -0.3 is 28.5 Å². The van der Waals surface area contributed by atoms with Gasteiger partial charge in [-0.25, -0.2) is 0 Å². The molecule has 7 heteroatoms. The molecule has 0 fully saturated rings. The van der Waals surface area contributed by atoms with Gasteiger partial charge in [0, 0.05) is 0 Å². The largest absolute Gasteiger partial charge is 0.907 e. The van der Waals surface area contributed by atoms with Crippen molar-refractivity contribution in [3.63, 3.8) is 0 Å². The molecule has 0 aliphatic heterocycles. The predicted molar refractivity (Wildman–Crippen MR) is 355 cm³/mol. The fourth-order valence-electron chi connectivity index (χ4n) is 12.5. The monoisotopic (exact) mass is 1120 g/mol. The van der Waals surface area contributed by atoms with Crippen LogP contribution in [0.15, 0.2) is 0 Å². The molecule has 0 aliphatic rings. The van der Waals surface area contributed by atoms with E-state index in [1.807, 2.05) is 0 Å². The Kier molecular flexibility index (Phi) is 75.9. The Hall–Kier alpha value is -0.175. The molecule has 0 aromatic rings. The van der Waals surface area contributed by atoms with Gasteiger partial charge in [0.1, 0.15) is 0 Å². The zero-order chi connectivity index (χ0) is 59.5. The van der Waals surface area contributed by atoms with Gasteiger partial charge in [-0.1, -0.05) is 237 Å². The molecule has 0 aromatic carbocycles. The molecule has 0 aromatic heterocycles. The third kappa shape index (κ3) is 63.7. The molecule has 0 atom stereocenters. The van der Waals surface area contributed by atoms with Crippen molar-refractivity contribution in [1.29, 1.82) is 0 Å². The van der Waals surface area contributed by atoms with Crippen LogP contribution in [0.5, 0.6) is 0 Å². The van der Waals surface area contributed by atoms with Crippen molar-refractivity contribution in [2.24, 2.45) is 0 Å². The fourth-order valence-corrected chi connectivity index (χ4v) is 12.5. The molecule has 480 valence electrons. The molecule has 0 aliphatic carbocycles. The Bertz CT molecular complexity index is 776. The summed E-state index contributed by atoms with van der Waals surface area (Å²) in [6, 6.07) is 0. The standard InChI is InChI=1S/3C24H52N.BO3/c3*1-5-9-13-17-21-25(22-18-14-10-6-2,23-19-15-11-7-3)24-20-16-12-8-4;2-1(3)4/h3*5-24H2,1-4H3;/q3*+1;-3. The first-order valence-corrected chi connectivity index (χ1v) is 37.0. The van der Waals surface area contributed by atoms with Gasteiger partial charge in [0.2, 0.25) is 0 Å². The van der Waals surface area contributed by atoms with Gasteiger partial charge in [-0.05, 0) is 154 Å². The van der Waals surface area contributed by atoms with Crippen LogP contribution in [0.3, 0.4) is 0 Å². The minimum absolute atomic E-state index is 1.36. The summed E-state index contributed by atoms with van der Waals surface area (Å²) in [6.45, 7) is 45.6. The molecule has 0 unspecified atom stereocenters. The average Bonchev–Trinajstić information content (AvgIpc) is 3.44. The number of unbranched alkanes of at least 4 members (excludes halogenated alkanes) is 36. The topological polar surface area (TPSA) is 69.2 Å². The molecule has 6 nitrogen and oxygen atoms in total. The second-order valence-corrected chi connectivity index (χ2v) is 25.7. The van der Waals surface area contributed by atoms with Crippen LogP contribution in [0.25, 0.3) is 0 Å². The number of quaternary nitrogens is 3. The molecule has 0 spiro atoms. The van der Waals surface area contributed by atoms with E-state index < -0.39 is 7.32 Å². The number of hydrogen-bond acceptors (Lipinski definition) is 3. The molecule has 0 heterocycles. The van der Waals surface area contributed by atoms with E-state index in [0.717, 1.165) is 0 Å². The van der Waals surface area contributed by atoms with E-state index in [9.17, 15) is 0 Å². The summed E-state index contributed by atoms with van der Waals surface area (Å²) >= 11 is 0. The first-order chi connectivity index (χ1) is 38.5. The minimum Gasteiger partial charge on any atom is -0.907 e. The number of rotatable bonds is 60. The van der Waals surface area contributed by atoms with Gasteiger partial charge in [-0.15, -0.1) is 0 Å². The van der Waals surface area contributed by atoms with Crippen molar-refractivity contribution in [2.75, 3.05) is 78.5 Å². The molecule has 0 saturated carbocycles. The second kappa shape index (κ2) is 70.3. The highest BCUT2D eigenvalue weighted by Gasteiger charge is 2.28. The van der Waals surface area contributed by atoms with Crippen LogP contribution in [0.1, 0.15) is 391 Å². The molecule has 0 N–H and O–H groups in total. The van der Waals surface area contributed by atoms with Crippen LogP contribution < -0.4 is 15.1 Å². The minimum atomic E-state index is -2.92. The number of nitrogens with zero attached hydrogens (tertiary/aromatic N) is 3. The van der Waals surface area contributed by atoms with Crippen LogP contribution in [0, 0.1) is 0 Å². The molecular formula is C72H156BN3O3. The van der Waals surface area contributed by atoms with Crippen molar-refractivity contribution in [3.05, 3.63) is 0 Å². The van der Waals surface area contributed by atoms with E-state index in [1.165, 1.54) is 400 Å². The molecule has 0 rings (SSSR count). The van der Waals surface area contributed by atoms with Gasteiger partial charge in [0.05, 0.1) is 78.5 Å². The zero-order valence-corrected chi connectivity index (χ0v) is 57.6. The second-order valence-electron chi connectivity index (χ2n) is 25.7. The Morgan fingerprint density at radius 2 is 0.228 bits per heavy atom. The van der Waals surface area contributed by atoms with Crippen LogP contribution >= 0.6 is 0 Å². The normalized spacial score (nSPS) is 11.7. The van der Waals surface area contributed by atoms with Crippen LogP contribution in [0.4, 0.5) is 0 Å². The van der Waals surface area contributed by atoms with Gasteiger partial charge in [-0.3, -0.25) is 7.32 Å². The lowest BCUT2D eigenvalue weighted by Gasteiger charge is -2.39. The highest BCUT2D eigenvalue weighted by atomic mass is 16.5. The molecule has 0 radical (unpaired) electrons. The highest BCUT2D eigenvalue weighted by Crippen LogP contribution is 2.23. The summed E-state index contributed by atoms with van der Waals surface area (Å²) in [5.74, 6) is 0. The van der Waals surface area contributed by atoms with E-state index in [1.54, 1.807) is 0 Å². The molecule has 0 saturated heterocycles. The summed E-state index contributed by atoms with van der Waals surface area (Å²) in [5, 5.41) is 25.2. The van der Waals surface area contributed by atoms with Crippen molar-refractivity contribution < 1.29 is 28.5 Å². The van der Waals surface area contributed by atoms with Crippen molar-refractivity contribution in [3.8, 4) is 0 Å². The van der Waals surface area contributed by atoms with Crippen molar-refractivity contribution in [2.45, 2.75) is 391 Å². The van der Waals surface area contributed by atoms with E-state index in [4.69, 9.17) is 15.1 Å². The van der Waals surface area contributed by atoms with E-state index >= 15 is 0 Å². The zero-order valence-electron chi connectivity index (χ0n) is 57.6. The summed E-state index contributed by atoms with van der Waals surface area (Å²) < 4.78 is 4.38. The van der Waals surface area contributed by atoms with Gasteiger partial charge >= 0.3 is 0 Å². The molecule has 79 heavy (non-hydrogen) atoms. The predicted octanol–water partition coefficient (Wildman–Crippen LogP) is 20.4. The average molecular weight is 1120 g/mol. The molecular weight excluding hydrogens is 966 g/mol. The van der Waals surface area contributed by atoms with Gasteiger partial charge in [0.25, 0.3) is 0 Å². The van der Waals surface area contributed by atoms with E-state index in [-0.39, 0.29) is 0 Å². The van der Waals surface area contributed by atoms with Crippen LogP contribution in [-0.4, -0.2) is 99.3 Å². The lowest BCUT2D eigenvalue weighted by Crippen LogP contribution is -2.56. The van der Waals surface area contributed by atoms with Crippen LogP contribution in [0.2, 0.25) is 0 Å². The quantitative estimate of drug-likeness (QED) is 0.0346. The third-order valence-corrected chi connectivity index (χ3v) is 17.8. The Morgan fingerprint density at radius 3 is 0.291 bits per heavy atom. The third-order valence-electron chi connectivity index (χ3n) is 17.8. The number of hydrogen-bond donors (Lipinski definition) is 0. The Morgan fingerprint density at radius 1 is 0.152 bits per heavy atom. The summed E-state index contributed by atoms with van der Waals surface area (Å²) in [6.07, 6.45) is 68.5. The maximum absolute atomic E-state index is 8.42. The van der Waals surface area contributed by atoms with Crippen molar-refractivity contribution >= 4 is 7.32 Å². The lowest BCUT2D eigenvalue weighted by atomic mass is 10.1. The highest BCUT2D eigenvalue weighted by molar-refractivity contribution is 6.24. The molecule has 0 bridgehead atoms. The van der Waals surface area contributed by atoms with E-state index in [0.29, 0.717) is 0 Å². The Labute approximate surface area is 503 Å². The van der Waals surface area contributed by atoms with Crippen molar-refractivity contribution in [1.82, 2.24) is 0 Å². The summed E-state index contributed by atoms with van der Waals surface area (Å²) in [7, 11) is -2.92. The fraction of sp³-hybridized carbons (Fsp3) is 1.00. The lowest BCUT2D eigenvalue weighted by molar-refractivity contribution is -0.929. The molecule has 0 amide bonds. The van der Waals surface area contributed by atoms with E-state index in [2.05, 4.69) is 83.1 Å². The first-order valence-electron chi connectivity index (χ1n) is 37.0. The smallest absolute Gasteiger partial charge is 0.0786 e. The maximum atomic E-state index is 8.42. The SMILES string of the molecule is CCCCCC[N+](CCCCCC)(CCCCCC)CCCCCC.CCCCCC[N+](CCCCCC)(CCCCCC)CCCCCC.CCCCCC[N+](CCCCCC)(CCCCCC)CCCCCC.[O-]B([O-])[O-]. The van der Waals surface area contributed by atoms with Crippen LogP contribution in [-0.2, 0) is 0 Å². The van der Waals surface area contributed by atoms with Gasteiger partial charge in [-0.2, -0.15) is 0 Å².